The van der Waals surface area contributed by atoms with Gasteiger partial charge in [0.2, 0.25) is 5.91 Å². The van der Waals surface area contributed by atoms with Crippen molar-refractivity contribution >= 4 is 5.91 Å². The fourth-order valence-electron chi connectivity index (χ4n) is 3.11. The Balaban J connectivity index is 1.63. The highest BCUT2D eigenvalue weighted by Gasteiger charge is 2.40. The van der Waals surface area contributed by atoms with Gasteiger partial charge in [0.25, 0.3) is 0 Å². The second-order valence-electron chi connectivity index (χ2n) is 5.37. The first-order valence-electron chi connectivity index (χ1n) is 6.63. The highest BCUT2D eigenvalue weighted by Crippen LogP contribution is 2.43. The normalized spacial score (nSPS) is 30.4. The third-order valence-electron chi connectivity index (χ3n) is 4.11. The summed E-state index contributed by atoms with van der Waals surface area (Å²) in [5.74, 6) is 1.46. The number of amides is 1. The van der Waals surface area contributed by atoms with Gasteiger partial charge in [0.05, 0.1) is 11.7 Å². The summed E-state index contributed by atoms with van der Waals surface area (Å²) in [5, 5.41) is 3.09. The second kappa shape index (κ2) is 4.56. The van der Waals surface area contributed by atoms with Crippen molar-refractivity contribution in [3.63, 3.8) is 0 Å². The van der Waals surface area contributed by atoms with E-state index in [1.807, 2.05) is 25.1 Å². The van der Waals surface area contributed by atoms with Gasteiger partial charge >= 0.3 is 0 Å². The van der Waals surface area contributed by atoms with Gasteiger partial charge < -0.3 is 5.32 Å². The number of allylic oxidation sites excluding steroid dienone is 2. The molecule has 2 bridgehead atoms. The van der Waals surface area contributed by atoms with Crippen LogP contribution in [0.25, 0.3) is 0 Å². The summed E-state index contributed by atoms with van der Waals surface area (Å²) in [6.07, 6.45) is 8.41. The molecule has 3 nitrogen and oxygen atoms in total. The molecule has 1 fully saturated rings. The van der Waals surface area contributed by atoms with E-state index in [-0.39, 0.29) is 17.9 Å². The van der Waals surface area contributed by atoms with E-state index in [4.69, 9.17) is 0 Å². The molecule has 94 valence electrons. The zero-order valence-electron chi connectivity index (χ0n) is 10.5. The molecule has 0 saturated heterocycles. The summed E-state index contributed by atoms with van der Waals surface area (Å²) in [5.41, 5.74) is 0.921. The van der Waals surface area contributed by atoms with E-state index < -0.39 is 0 Å². The van der Waals surface area contributed by atoms with Gasteiger partial charge in [0.1, 0.15) is 0 Å². The predicted molar refractivity (Wildman–Crippen MR) is 69.6 cm³/mol. The number of rotatable bonds is 3. The lowest BCUT2D eigenvalue weighted by atomic mass is 9.92. The van der Waals surface area contributed by atoms with Gasteiger partial charge in [-0.1, -0.05) is 18.2 Å². The van der Waals surface area contributed by atoms with Crippen molar-refractivity contribution in [2.75, 3.05) is 0 Å². The zero-order chi connectivity index (χ0) is 12.5. The van der Waals surface area contributed by atoms with Gasteiger partial charge in [-0.25, -0.2) is 0 Å². The van der Waals surface area contributed by atoms with Gasteiger partial charge in [-0.3, -0.25) is 9.78 Å². The SMILES string of the molecule is CC(NC(=O)C1CC2C=CC1C2)c1ccccn1. The number of carbonyl (C=O) groups excluding carboxylic acids is 1. The minimum absolute atomic E-state index is 0.0122. The molecule has 0 radical (unpaired) electrons. The molecular formula is C15H18N2O. The van der Waals surface area contributed by atoms with E-state index >= 15 is 0 Å². The molecule has 1 amide bonds. The first kappa shape index (κ1) is 11.5. The summed E-state index contributed by atoms with van der Waals surface area (Å²) in [6.45, 7) is 1.99. The molecule has 3 heteroatoms. The minimum atomic E-state index is -0.0122. The molecule has 1 saturated carbocycles. The first-order valence-corrected chi connectivity index (χ1v) is 6.63. The standard InChI is InChI=1S/C15H18N2O/c1-10(14-4-2-3-7-16-14)17-15(18)13-9-11-5-6-12(13)8-11/h2-7,10-13H,8-9H2,1H3,(H,17,18). The monoisotopic (exact) mass is 242 g/mol. The van der Waals surface area contributed by atoms with Crippen LogP contribution in [0.3, 0.4) is 0 Å². The molecule has 0 aromatic carbocycles. The lowest BCUT2D eigenvalue weighted by molar-refractivity contribution is -0.126. The summed E-state index contributed by atoms with van der Waals surface area (Å²) in [7, 11) is 0. The van der Waals surface area contributed by atoms with Crippen LogP contribution in [-0.2, 0) is 4.79 Å². The third kappa shape index (κ3) is 2.05. The Morgan fingerprint density at radius 3 is 2.89 bits per heavy atom. The maximum atomic E-state index is 12.2. The maximum Gasteiger partial charge on any atom is 0.224 e. The Labute approximate surface area is 107 Å². The molecule has 1 heterocycles. The lowest BCUT2D eigenvalue weighted by Crippen LogP contribution is -2.34. The van der Waals surface area contributed by atoms with Gasteiger partial charge in [-0.2, -0.15) is 0 Å². The van der Waals surface area contributed by atoms with Crippen LogP contribution >= 0.6 is 0 Å². The van der Waals surface area contributed by atoms with Crippen LogP contribution in [0, 0.1) is 17.8 Å². The highest BCUT2D eigenvalue weighted by atomic mass is 16.2. The van der Waals surface area contributed by atoms with E-state index in [0.29, 0.717) is 11.8 Å². The van der Waals surface area contributed by atoms with Crippen LogP contribution in [0.4, 0.5) is 0 Å². The van der Waals surface area contributed by atoms with E-state index in [9.17, 15) is 4.79 Å². The third-order valence-corrected chi connectivity index (χ3v) is 4.11. The second-order valence-corrected chi connectivity index (χ2v) is 5.37. The molecule has 1 aromatic rings. The molecular weight excluding hydrogens is 224 g/mol. The number of hydrogen-bond donors (Lipinski definition) is 1. The van der Waals surface area contributed by atoms with Crippen LogP contribution in [0.1, 0.15) is 31.5 Å². The average molecular weight is 242 g/mol. The van der Waals surface area contributed by atoms with E-state index in [0.717, 1.165) is 18.5 Å². The topological polar surface area (TPSA) is 42.0 Å². The molecule has 2 aliphatic rings. The Kier molecular flexibility index (Phi) is 2.90. The number of pyridine rings is 1. The fourth-order valence-corrected chi connectivity index (χ4v) is 3.11. The summed E-state index contributed by atoms with van der Waals surface area (Å²) in [6, 6.07) is 5.78. The van der Waals surface area contributed by atoms with Crippen LogP contribution in [0.5, 0.6) is 0 Å². The number of carbonyl (C=O) groups is 1. The predicted octanol–water partition coefficient (Wildman–Crippen LogP) is 2.47. The lowest BCUT2D eigenvalue weighted by Gasteiger charge is -2.20. The van der Waals surface area contributed by atoms with Crippen molar-refractivity contribution in [2.45, 2.75) is 25.8 Å². The molecule has 0 aliphatic heterocycles. The van der Waals surface area contributed by atoms with Crippen molar-refractivity contribution in [3.05, 3.63) is 42.2 Å². The number of nitrogens with one attached hydrogen (secondary N) is 1. The molecule has 3 rings (SSSR count). The summed E-state index contributed by atoms with van der Waals surface area (Å²) >= 11 is 0. The summed E-state index contributed by atoms with van der Waals surface area (Å²) in [4.78, 5) is 16.5. The average Bonchev–Trinajstić information content (AvgIpc) is 3.02. The number of fused-ring (bicyclic) bond motifs is 2. The van der Waals surface area contributed by atoms with E-state index in [1.54, 1.807) is 6.20 Å². The number of hydrogen-bond acceptors (Lipinski definition) is 2. The van der Waals surface area contributed by atoms with Gasteiger partial charge in [0, 0.05) is 12.1 Å². The van der Waals surface area contributed by atoms with E-state index in [2.05, 4.69) is 22.5 Å². The van der Waals surface area contributed by atoms with Crippen molar-refractivity contribution in [1.29, 1.82) is 0 Å². The number of nitrogens with zero attached hydrogens (tertiary/aromatic N) is 1. The van der Waals surface area contributed by atoms with Crippen molar-refractivity contribution in [2.24, 2.45) is 17.8 Å². The van der Waals surface area contributed by atoms with E-state index in [1.165, 1.54) is 0 Å². The van der Waals surface area contributed by atoms with Crippen LogP contribution < -0.4 is 5.32 Å². The Bertz CT molecular complexity index is 469. The smallest absolute Gasteiger partial charge is 0.224 e. The Morgan fingerprint density at radius 2 is 2.28 bits per heavy atom. The minimum Gasteiger partial charge on any atom is -0.348 e. The van der Waals surface area contributed by atoms with Gasteiger partial charge in [-0.15, -0.1) is 0 Å². The Hall–Kier alpha value is -1.64. The fraction of sp³-hybridized carbons (Fsp3) is 0.467. The van der Waals surface area contributed by atoms with Crippen LogP contribution in [-0.4, -0.2) is 10.9 Å². The maximum absolute atomic E-state index is 12.2. The van der Waals surface area contributed by atoms with Crippen molar-refractivity contribution < 1.29 is 4.79 Å². The summed E-state index contributed by atoms with van der Waals surface area (Å²) < 4.78 is 0. The Morgan fingerprint density at radius 1 is 1.39 bits per heavy atom. The molecule has 4 atom stereocenters. The molecule has 1 aromatic heterocycles. The molecule has 1 N–H and O–H groups in total. The van der Waals surface area contributed by atoms with Crippen molar-refractivity contribution in [3.8, 4) is 0 Å². The van der Waals surface area contributed by atoms with Gasteiger partial charge in [-0.05, 0) is 43.7 Å². The molecule has 4 unspecified atom stereocenters. The van der Waals surface area contributed by atoms with Gasteiger partial charge in [0.15, 0.2) is 0 Å². The molecule has 0 spiro atoms. The molecule has 18 heavy (non-hydrogen) atoms. The quantitative estimate of drug-likeness (QED) is 0.827. The largest absolute Gasteiger partial charge is 0.348 e. The van der Waals surface area contributed by atoms with Crippen LogP contribution in [0.15, 0.2) is 36.5 Å². The zero-order valence-corrected chi connectivity index (χ0v) is 10.5. The van der Waals surface area contributed by atoms with Crippen LogP contribution in [0.2, 0.25) is 0 Å². The first-order chi connectivity index (χ1) is 8.74. The highest BCUT2D eigenvalue weighted by molar-refractivity contribution is 5.80. The van der Waals surface area contributed by atoms with Crippen molar-refractivity contribution in [1.82, 2.24) is 10.3 Å². The number of aromatic nitrogens is 1. The molecule has 2 aliphatic carbocycles.